The van der Waals surface area contributed by atoms with Crippen LogP contribution in [-0.2, 0) is 13.0 Å². The first-order chi connectivity index (χ1) is 8.38. The molecule has 4 heteroatoms. The molecule has 2 bridgehead atoms. The molecule has 2 aliphatic heterocycles. The highest BCUT2D eigenvalue weighted by molar-refractivity contribution is 5.16. The molecule has 3 atom stereocenters. The van der Waals surface area contributed by atoms with Crippen LogP contribution < -0.4 is 5.32 Å². The van der Waals surface area contributed by atoms with Crippen LogP contribution in [0.2, 0.25) is 0 Å². The number of likely N-dealkylation sites (tertiary alicyclic amines) is 1. The van der Waals surface area contributed by atoms with Gasteiger partial charge >= 0.3 is 0 Å². The molecular weight excluding hydrogens is 212 g/mol. The standard InChI is InChI=1S/C13H20N4/c1-2-11-3-9(1)6-17(11)7-10-4-12-13(5-14-10)16-8-15-12/h8-11,14H,1-7H2,(H,15,16). The molecule has 17 heavy (non-hydrogen) atoms. The highest BCUT2D eigenvalue weighted by atomic mass is 15.2. The SMILES string of the molecule is c1nc2c([nH]1)CNC(CN1CC3CCC1C3)C2. The zero-order valence-corrected chi connectivity index (χ0v) is 10.2. The number of piperidine rings is 1. The zero-order valence-electron chi connectivity index (χ0n) is 10.2. The molecule has 2 fully saturated rings. The highest BCUT2D eigenvalue weighted by Crippen LogP contribution is 2.37. The van der Waals surface area contributed by atoms with Crippen molar-refractivity contribution in [2.24, 2.45) is 5.92 Å². The summed E-state index contributed by atoms with van der Waals surface area (Å²) in [5.41, 5.74) is 2.56. The second-order valence-corrected chi connectivity index (χ2v) is 5.90. The summed E-state index contributed by atoms with van der Waals surface area (Å²) in [5.74, 6) is 1.00. The van der Waals surface area contributed by atoms with E-state index in [9.17, 15) is 0 Å². The first-order valence-corrected chi connectivity index (χ1v) is 6.87. The van der Waals surface area contributed by atoms with Gasteiger partial charge in [-0.3, -0.25) is 4.90 Å². The highest BCUT2D eigenvalue weighted by Gasteiger charge is 2.38. The number of hydrogen-bond donors (Lipinski definition) is 2. The number of aromatic nitrogens is 2. The summed E-state index contributed by atoms with van der Waals surface area (Å²) in [6.07, 6.45) is 7.29. The van der Waals surface area contributed by atoms with Crippen molar-refractivity contribution in [3.05, 3.63) is 17.7 Å². The number of hydrogen-bond acceptors (Lipinski definition) is 3. The van der Waals surface area contributed by atoms with E-state index in [1.807, 2.05) is 6.33 Å². The van der Waals surface area contributed by atoms with E-state index >= 15 is 0 Å². The zero-order chi connectivity index (χ0) is 11.2. The fourth-order valence-corrected chi connectivity index (χ4v) is 3.89. The van der Waals surface area contributed by atoms with Crippen molar-refractivity contribution in [3.8, 4) is 0 Å². The lowest BCUT2D eigenvalue weighted by atomic mass is 10.0. The molecule has 4 rings (SSSR count). The van der Waals surface area contributed by atoms with E-state index in [-0.39, 0.29) is 0 Å². The van der Waals surface area contributed by atoms with E-state index < -0.39 is 0 Å². The summed E-state index contributed by atoms with van der Waals surface area (Å²) in [6, 6.07) is 1.49. The maximum absolute atomic E-state index is 4.42. The Morgan fingerprint density at radius 2 is 2.41 bits per heavy atom. The second kappa shape index (κ2) is 3.82. The quantitative estimate of drug-likeness (QED) is 0.796. The van der Waals surface area contributed by atoms with Crippen LogP contribution >= 0.6 is 0 Å². The van der Waals surface area contributed by atoms with Crippen molar-refractivity contribution < 1.29 is 0 Å². The van der Waals surface area contributed by atoms with E-state index in [0.29, 0.717) is 6.04 Å². The van der Waals surface area contributed by atoms with Crippen LogP contribution in [0.4, 0.5) is 0 Å². The number of nitrogens with one attached hydrogen (secondary N) is 2. The van der Waals surface area contributed by atoms with Gasteiger partial charge in [-0.25, -0.2) is 4.98 Å². The Kier molecular flexibility index (Phi) is 2.27. The van der Waals surface area contributed by atoms with Gasteiger partial charge in [0.25, 0.3) is 0 Å². The van der Waals surface area contributed by atoms with E-state index in [0.717, 1.165) is 24.9 Å². The molecule has 0 radical (unpaired) electrons. The van der Waals surface area contributed by atoms with Gasteiger partial charge < -0.3 is 10.3 Å². The van der Waals surface area contributed by atoms with E-state index in [2.05, 4.69) is 20.2 Å². The van der Waals surface area contributed by atoms with Gasteiger partial charge in [0.2, 0.25) is 0 Å². The third kappa shape index (κ3) is 1.70. The van der Waals surface area contributed by atoms with Crippen molar-refractivity contribution in [1.82, 2.24) is 20.2 Å². The fraction of sp³-hybridized carbons (Fsp3) is 0.769. The third-order valence-electron chi connectivity index (χ3n) is 4.79. The minimum atomic E-state index is 0.602. The molecule has 0 amide bonds. The lowest BCUT2D eigenvalue weighted by Gasteiger charge is -2.32. The van der Waals surface area contributed by atoms with Gasteiger partial charge in [0.05, 0.1) is 17.7 Å². The monoisotopic (exact) mass is 232 g/mol. The average Bonchev–Trinajstić information content (AvgIpc) is 3.03. The van der Waals surface area contributed by atoms with Gasteiger partial charge in [0, 0.05) is 38.1 Å². The van der Waals surface area contributed by atoms with E-state index in [1.165, 1.54) is 43.7 Å². The smallest absolute Gasteiger partial charge is 0.0925 e. The summed E-state index contributed by atoms with van der Waals surface area (Å²) in [4.78, 5) is 10.3. The number of nitrogens with zero attached hydrogens (tertiary/aromatic N) is 2. The molecule has 3 heterocycles. The first kappa shape index (κ1) is 10.1. The Labute approximate surface area is 102 Å². The first-order valence-electron chi connectivity index (χ1n) is 6.87. The van der Waals surface area contributed by atoms with Gasteiger partial charge in [-0.1, -0.05) is 0 Å². The number of aromatic amines is 1. The number of imidazole rings is 1. The van der Waals surface area contributed by atoms with E-state index in [1.54, 1.807) is 0 Å². The molecule has 1 aliphatic carbocycles. The lowest BCUT2D eigenvalue weighted by molar-refractivity contribution is 0.187. The van der Waals surface area contributed by atoms with Crippen molar-refractivity contribution in [2.45, 2.75) is 44.3 Å². The third-order valence-corrected chi connectivity index (χ3v) is 4.79. The van der Waals surface area contributed by atoms with Gasteiger partial charge in [-0.15, -0.1) is 0 Å². The number of rotatable bonds is 2. The maximum atomic E-state index is 4.42. The molecule has 2 N–H and O–H groups in total. The average molecular weight is 232 g/mol. The Balaban J connectivity index is 1.41. The number of fused-ring (bicyclic) bond motifs is 3. The Hall–Kier alpha value is -0.870. The minimum Gasteiger partial charge on any atom is -0.347 e. The maximum Gasteiger partial charge on any atom is 0.0925 e. The minimum absolute atomic E-state index is 0.602. The van der Waals surface area contributed by atoms with Gasteiger partial charge in [0.15, 0.2) is 0 Å². The summed E-state index contributed by atoms with van der Waals surface area (Å²) in [5, 5.41) is 3.63. The molecule has 1 aromatic heterocycles. The van der Waals surface area contributed by atoms with Gasteiger partial charge in [0.1, 0.15) is 0 Å². The second-order valence-electron chi connectivity index (χ2n) is 5.90. The van der Waals surface area contributed by atoms with Crippen LogP contribution in [0.3, 0.4) is 0 Å². The topological polar surface area (TPSA) is 44.0 Å². The Bertz CT molecular complexity index is 413. The molecule has 0 aromatic carbocycles. The van der Waals surface area contributed by atoms with Crippen LogP contribution in [0.1, 0.15) is 30.7 Å². The fourth-order valence-electron chi connectivity index (χ4n) is 3.89. The molecule has 0 spiro atoms. The van der Waals surface area contributed by atoms with E-state index in [4.69, 9.17) is 0 Å². The van der Waals surface area contributed by atoms with Crippen molar-refractivity contribution in [3.63, 3.8) is 0 Å². The van der Waals surface area contributed by atoms with Gasteiger partial charge in [-0.05, 0) is 25.2 Å². The van der Waals surface area contributed by atoms with Crippen LogP contribution in [-0.4, -0.2) is 40.0 Å². The van der Waals surface area contributed by atoms with Crippen LogP contribution in [0, 0.1) is 5.92 Å². The molecule has 3 unspecified atom stereocenters. The van der Waals surface area contributed by atoms with Crippen LogP contribution in [0.5, 0.6) is 0 Å². The normalized spacial score (nSPS) is 36.4. The predicted octanol–water partition coefficient (Wildman–Crippen LogP) is 0.908. The van der Waals surface area contributed by atoms with Crippen molar-refractivity contribution in [2.75, 3.05) is 13.1 Å². The molecule has 1 aromatic rings. The Morgan fingerprint density at radius 3 is 3.24 bits per heavy atom. The molecule has 4 nitrogen and oxygen atoms in total. The molecule has 92 valence electrons. The van der Waals surface area contributed by atoms with Crippen molar-refractivity contribution in [1.29, 1.82) is 0 Å². The van der Waals surface area contributed by atoms with Crippen LogP contribution in [0.25, 0.3) is 0 Å². The van der Waals surface area contributed by atoms with Crippen molar-refractivity contribution >= 4 is 0 Å². The molecule has 3 aliphatic rings. The summed E-state index contributed by atoms with van der Waals surface area (Å²) in [6.45, 7) is 3.52. The van der Waals surface area contributed by atoms with Gasteiger partial charge in [-0.2, -0.15) is 0 Å². The molecule has 1 saturated carbocycles. The lowest BCUT2D eigenvalue weighted by Crippen LogP contribution is -2.47. The summed E-state index contributed by atoms with van der Waals surface area (Å²) in [7, 11) is 0. The van der Waals surface area contributed by atoms with Crippen LogP contribution in [0.15, 0.2) is 6.33 Å². The number of H-pyrrole nitrogens is 1. The summed E-state index contributed by atoms with van der Waals surface area (Å²) >= 11 is 0. The molecule has 1 saturated heterocycles. The summed E-state index contributed by atoms with van der Waals surface area (Å²) < 4.78 is 0. The predicted molar refractivity (Wildman–Crippen MR) is 65.6 cm³/mol. The molecular formula is C13H20N4. The largest absolute Gasteiger partial charge is 0.347 e. The Morgan fingerprint density at radius 1 is 1.41 bits per heavy atom.